The van der Waals surface area contributed by atoms with Crippen molar-refractivity contribution in [3.8, 4) is 0 Å². The number of aromatic nitrogens is 2. The van der Waals surface area contributed by atoms with Crippen LogP contribution in [-0.4, -0.2) is 70.9 Å². The van der Waals surface area contributed by atoms with Gasteiger partial charge in [0.2, 0.25) is 0 Å². The predicted molar refractivity (Wildman–Crippen MR) is 123 cm³/mol. The predicted octanol–water partition coefficient (Wildman–Crippen LogP) is 5.26. The van der Waals surface area contributed by atoms with E-state index in [9.17, 15) is 17.6 Å². The highest BCUT2D eigenvalue weighted by Gasteiger charge is 2.44. The van der Waals surface area contributed by atoms with Crippen molar-refractivity contribution in [1.29, 1.82) is 0 Å². The summed E-state index contributed by atoms with van der Waals surface area (Å²) in [6, 6.07) is 0.361. The molecule has 0 unspecified atom stereocenters. The Hall–Kier alpha value is -2.31. The molecule has 2 N–H and O–H groups in total. The van der Waals surface area contributed by atoms with Crippen LogP contribution in [0.4, 0.5) is 32.0 Å². The molecule has 12 heteroatoms. The van der Waals surface area contributed by atoms with E-state index in [1.54, 1.807) is 12.4 Å². The second kappa shape index (κ2) is 9.29. The molecule has 1 aromatic carbocycles. The fourth-order valence-electron chi connectivity index (χ4n) is 5.20. The van der Waals surface area contributed by atoms with Gasteiger partial charge in [0.25, 0.3) is 0 Å². The third kappa shape index (κ3) is 4.75. The van der Waals surface area contributed by atoms with E-state index in [1.807, 2.05) is 4.90 Å². The van der Waals surface area contributed by atoms with Gasteiger partial charge in [-0.25, -0.2) is 13.8 Å². The lowest BCUT2D eigenvalue weighted by atomic mass is 9.89. The smallest absolute Gasteiger partial charge is 0.380 e. The number of alkyl halides is 4. The number of H-pyrrole nitrogens is 1. The van der Waals surface area contributed by atoms with E-state index in [1.165, 1.54) is 11.3 Å². The molecule has 4 heterocycles. The molecule has 1 saturated heterocycles. The maximum absolute atomic E-state index is 15.5. The van der Waals surface area contributed by atoms with Gasteiger partial charge in [0.1, 0.15) is 17.3 Å². The molecule has 2 aliphatic heterocycles. The minimum Gasteiger partial charge on any atom is -0.380 e. The number of benzene rings is 1. The summed E-state index contributed by atoms with van der Waals surface area (Å²) in [5.74, 6) is -1.83. The summed E-state index contributed by atoms with van der Waals surface area (Å²) < 4.78 is 84.5. The Morgan fingerprint density at radius 1 is 1.20 bits per heavy atom. The molecule has 0 radical (unpaired) electrons. The molecular weight excluding hydrogens is 492 g/mol. The molecule has 35 heavy (non-hydrogen) atoms. The van der Waals surface area contributed by atoms with Crippen molar-refractivity contribution in [2.45, 2.75) is 44.1 Å². The van der Waals surface area contributed by atoms with Gasteiger partial charge in [-0.2, -0.15) is 13.2 Å². The average Bonchev–Trinajstić information content (AvgIpc) is 3.32. The quantitative estimate of drug-likeness (QED) is 0.420. The Kier molecular flexibility index (Phi) is 6.47. The van der Waals surface area contributed by atoms with Gasteiger partial charge in [-0.15, -0.1) is 11.3 Å². The molecule has 0 spiro atoms. The van der Waals surface area contributed by atoms with Gasteiger partial charge in [-0.05, 0) is 37.5 Å². The number of likely N-dealkylation sites (tertiary alicyclic amines) is 1. The third-order valence-corrected chi connectivity index (χ3v) is 7.63. The summed E-state index contributed by atoms with van der Waals surface area (Å²) in [5.41, 5.74) is 3.04. The van der Waals surface area contributed by atoms with E-state index in [0.717, 1.165) is 27.3 Å². The van der Waals surface area contributed by atoms with Crippen molar-refractivity contribution in [3.05, 3.63) is 46.1 Å². The van der Waals surface area contributed by atoms with Crippen molar-refractivity contribution < 1.29 is 26.3 Å². The Morgan fingerprint density at radius 3 is 2.57 bits per heavy atom. The number of hydrogen-bond donors (Lipinski definition) is 2. The molecule has 0 aliphatic carbocycles. The summed E-state index contributed by atoms with van der Waals surface area (Å²) in [5, 5.41) is 3.07. The lowest BCUT2D eigenvalue weighted by Gasteiger charge is -2.41. The Labute approximate surface area is 202 Å². The Balaban J connectivity index is 1.47. The van der Waals surface area contributed by atoms with Crippen LogP contribution in [0.25, 0.3) is 10.3 Å². The van der Waals surface area contributed by atoms with Crippen LogP contribution in [-0.2, 0) is 6.42 Å². The first kappa shape index (κ1) is 24.4. The number of nitrogens with one attached hydrogen (secondary N) is 2. The first-order valence-electron chi connectivity index (χ1n) is 11.4. The average molecular weight is 518 g/mol. The van der Waals surface area contributed by atoms with Crippen LogP contribution in [0.2, 0.25) is 0 Å². The van der Waals surface area contributed by atoms with Crippen molar-refractivity contribution in [2.75, 3.05) is 38.2 Å². The number of aromatic amines is 1. The van der Waals surface area contributed by atoms with Crippen LogP contribution in [0.15, 0.2) is 17.6 Å². The normalized spacial score (nSPS) is 21.9. The molecule has 2 atom stereocenters. The highest BCUT2D eigenvalue weighted by atomic mass is 32.1. The summed E-state index contributed by atoms with van der Waals surface area (Å²) >= 11 is 1.35. The van der Waals surface area contributed by atoms with Gasteiger partial charge in [-0.3, -0.25) is 14.2 Å². The van der Waals surface area contributed by atoms with Crippen molar-refractivity contribution in [2.24, 2.45) is 0 Å². The molecule has 0 bridgehead atoms. The molecule has 0 amide bonds. The second-order valence-corrected chi connectivity index (χ2v) is 10.1. The zero-order chi connectivity index (χ0) is 24.9. The summed E-state index contributed by atoms with van der Waals surface area (Å²) in [6.45, 7) is 1.82. The minimum atomic E-state index is -4.54. The molecule has 0 saturated carbocycles. The number of rotatable bonds is 7. The highest BCUT2D eigenvalue weighted by Crippen LogP contribution is 2.44. The van der Waals surface area contributed by atoms with Gasteiger partial charge in [-0.1, -0.05) is 0 Å². The molecule has 1 fully saturated rings. The fourth-order valence-corrected chi connectivity index (χ4v) is 6.01. The first-order chi connectivity index (χ1) is 16.6. The van der Waals surface area contributed by atoms with Crippen LogP contribution in [0.5, 0.6) is 0 Å². The molecule has 5 rings (SSSR count). The van der Waals surface area contributed by atoms with E-state index >= 15 is 8.78 Å². The van der Waals surface area contributed by atoms with Crippen LogP contribution >= 0.6 is 11.3 Å². The van der Waals surface area contributed by atoms with Crippen LogP contribution in [0.3, 0.4) is 0 Å². The lowest BCUT2D eigenvalue weighted by molar-refractivity contribution is -0.155. The number of anilines is 1. The first-order valence-corrected chi connectivity index (χ1v) is 12.3. The maximum atomic E-state index is 15.5. The zero-order valence-corrected chi connectivity index (χ0v) is 19.7. The zero-order valence-electron chi connectivity index (χ0n) is 18.9. The largest absolute Gasteiger partial charge is 0.401 e. The fraction of sp³-hybridized carbons (Fsp3) is 0.522. The summed E-state index contributed by atoms with van der Waals surface area (Å²) in [4.78, 5) is 10.4. The standard InChI is InChI=1S/C23H25F6N5S/c1-12-5-15-19(32-22-21(15)35-11-30-22)20(34(12)10-23(27,28)29)18-16(25)6-13(7-17(18)26)31-14-8-33(9-14)4-2-3-24/h6-7,11-12,14,20,31-32H,2-5,8-10H2,1H3/t12-,20-/m1/s1. The monoisotopic (exact) mass is 517 g/mol. The minimum absolute atomic E-state index is 0.0384. The second-order valence-electron chi connectivity index (χ2n) is 9.29. The van der Waals surface area contributed by atoms with Crippen molar-refractivity contribution in [1.82, 2.24) is 19.8 Å². The van der Waals surface area contributed by atoms with Gasteiger partial charge < -0.3 is 10.3 Å². The van der Waals surface area contributed by atoms with Gasteiger partial charge in [0, 0.05) is 42.6 Å². The molecule has 3 aromatic rings. The number of fused-ring (bicyclic) bond motifs is 3. The van der Waals surface area contributed by atoms with E-state index in [0.29, 0.717) is 43.8 Å². The van der Waals surface area contributed by atoms with E-state index in [-0.39, 0.29) is 11.7 Å². The number of thiazole rings is 1. The van der Waals surface area contributed by atoms with E-state index in [4.69, 9.17) is 0 Å². The topological polar surface area (TPSA) is 47.2 Å². The number of nitrogens with zero attached hydrogens (tertiary/aromatic N) is 3. The van der Waals surface area contributed by atoms with Gasteiger partial charge in [0.05, 0.1) is 35.5 Å². The molecule has 2 aliphatic rings. The van der Waals surface area contributed by atoms with E-state index in [2.05, 4.69) is 15.3 Å². The number of halogens is 6. The van der Waals surface area contributed by atoms with Gasteiger partial charge in [0.15, 0.2) is 0 Å². The maximum Gasteiger partial charge on any atom is 0.401 e. The van der Waals surface area contributed by atoms with Crippen LogP contribution in [0, 0.1) is 11.6 Å². The SMILES string of the molecule is C[C@@H]1Cc2c([nH]c3ncsc23)[C@@H](c2c(F)cc(NC3CN(CCCF)C3)cc2F)N1CC(F)(F)F. The molecular formula is C23H25F6N5S. The summed E-state index contributed by atoms with van der Waals surface area (Å²) in [6.07, 6.45) is -3.79. The van der Waals surface area contributed by atoms with Crippen molar-refractivity contribution in [3.63, 3.8) is 0 Å². The molecule has 2 aromatic heterocycles. The molecule has 5 nitrogen and oxygen atoms in total. The highest BCUT2D eigenvalue weighted by molar-refractivity contribution is 7.16. The lowest BCUT2D eigenvalue weighted by Crippen LogP contribution is -2.54. The Bertz CT molecular complexity index is 1180. The van der Waals surface area contributed by atoms with Gasteiger partial charge >= 0.3 is 6.18 Å². The van der Waals surface area contributed by atoms with Crippen LogP contribution in [0.1, 0.15) is 36.2 Å². The third-order valence-electron chi connectivity index (χ3n) is 6.74. The molecule has 190 valence electrons. The number of hydrogen-bond acceptors (Lipinski definition) is 5. The van der Waals surface area contributed by atoms with Crippen LogP contribution < -0.4 is 5.32 Å². The summed E-state index contributed by atoms with van der Waals surface area (Å²) in [7, 11) is 0. The van der Waals surface area contributed by atoms with Crippen molar-refractivity contribution >= 4 is 27.4 Å². The Morgan fingerprint density at radius 2 is 1.91 bits per heavy atom. The van der Waals surface area contributed by atoms with E-state index < -0.39 is 48.7 Å².